The van der Waals surface area contributed by atoms with Crippen LogP contribution in [0.25, 0.3) is 0 Å². The minimum absolute atomic E-state index is 0.0778. The number of nitrogens with zero attached hydrogens (tertiary/aromatic N) is 4. The molecule has 0 saturated heterocycles. The molecule has 0 fully saturated rings. The van der Waals surface area contributed by atoms with Gasteiger partial charge in [-0.25, -0.2) is 0 Å². The first-order valence-electron chi connectivity index (χ1n) is 6.46. The highest BCUT2D eigenvalue weighted by atomic mass is 16.6. The van der Waals surface area contributed by atoms with E-state index in [4.69, 9.17) is 30.8 Å². The van der Waals surface area contributed by atoms with E-state index in [2.05, 4.69) is 10.2 Å². The molecule has 26 heavy (non-hydrogen) atoms. The molecule has 142 valence electrons. The number of hydrogen-bond donors (Lipinski definition) is 3. The SMILES string of the molecule is CC(=O)O.COc1cc([N+](=O)[O-])c([N+](=O)[O-])c(C=NN=C(N)N)c1OC. The summed E-state index contributed by atoms with van der Waals surface area (Å²) in [4.78, 5) is 29.3. The quantitative estimate of drug-likeness (QED) is 0.267. The molecule has 1 aromatic carbocycles. The Balaban J connectivity index is 0.00000141. The fourth-order valence-corrected chi connectivity index (χ4v) is 1.60. The lowest BCUT2D eigenvalue weighted by Gasteiger charge is -2.10. The number of carboxylic acid groups (broad SMARTS) is 1. The predicted octanol–water partition coefficient (Wildman–Crippen LogP) is 0.218. The lowest BCUT2D eigenvalue weighted by molar-refractivity contribution is -0.422. The summed E-state index contributed by atoms with van der Waals surface area (Å²) in [6.45, 7) is 1.08. The molecule has 0 aliphatic heterocycles. The second-order valence-electron chi connectivity index (χ2n) is 4.20. The molecule has 0 saturated carbocycles. The van der Waals surface area contributed by atoms with Crippen LogP contribution >= 0.6 is 0 Å². The van der Waals surface area contributed by atoms with Crippen LogP contribution in [0.4, 0.5) is 11.4 Å². The fraction of sp³-hybridized carbons (Fsp3) is 0.250. The Labute approximate surface area is 146 Å². The number of nitrogens with two attached hydrogens (primary N) is 2. The van der Waals surface area contributed by atoms with E-state index >= 15 is 0 Å². The third-order valence-electron chi connectivity index (χ3n) is 2.40. The number of nitro groups is 2. The fourth-order valence-electron chi connectivity index (χ4n) is 1.60. The topological polar surface area (TPSA) is 219 Å². The van der Waals surface area contributed by atoms with Crippen molar-refractivity contribution in [1.29, 1.82) is 0 Å². The van der Waals surface area contributed by atoms with Crippen molar-refractivity contribution in [3.05, 3.63) is 31.9 Å². The molecule has 0 spiro atoms. The molecular weight excluding hydrogens is 356 g/mol. The summed E-state index contributed by atoms with van der Waals surface area (Å²) in [5.41, 5.74) is 8.24. The van der Waals surface area contributed by atoms with E-state index in [1.165, 1.54) is 14.2 Å². The first kappa shape index (κ1) is 22.0. The summed E-state index contributed by atoms with van der Waals surface area (Å²) in [5, 5.41) is 36.3. The van der Waals surface area contributed by atoms with Gasteiger partial charge in [0.25, 0.3) is 5.97 Å². The van der Waals surface area contributed by atoms with E-state index in [0.29, 0.717) is 0 Å². The molecule has 5 N–H and O–H groups in total. The molecule has 14 nitrogen and oxygen atoms in total. The molecule has 0 aliphatic rings. The van der Waals surface area contributed by atoms with E-state index in [1.807, 2.05) is 0 Å². The largest absolute Gasteiger partial charge is 0.493 e. The van der Waals surface area contributed by atoms with Crippen molar-refractivity contribution < 1.29 is 29.2 Å². The minimum Gasteiger partial charge on any atom is -0.493 e. The van der Waals surface area contributed by atoms with Gasteiger partial charge >= 0.3 is 11.4 Å². The van der Waals surface area contributed by atoms with E-state index in [1.54, 1.807) is 0 Å². The zero-order chi connectivity index (χ0) is 20.4. The lowest BCUT2D eigenvalue weighted by atomic mass is 10.1. The molecule has 1 aromatic rings. The summed E-state index contributed by atoms with van der Waals surface area (Å²) < 4.78 is 9.93. The van der Waals surface area contributed by atoms with Crippen LogP contribution in [0.3, 0.4) is 0 Å². The van der Waals surface area contributed by atoms with Crippen LogP contribution in [0.15, 0.2) is 16.3 Å². The zero-order valence-corrected chi connectivity index (χ0v) is 13.9. The Morgan fingerprint density at radius 2 is 1.77 bits per heavy atom. The number of methoxy groups -OCH3 is 2. The zero-order valence-electron chi connectivity index (χ0n) is 13.9. The lowest BCUT2D eigenvalue weighted by Crippen LogP contribution is -2.21. The molecule has 0 heterocycles. The Morgan fingerprint density at radius 3 is 2.12 bits per heavy atom. The number of guanidine groups is 1. The number of benzene rings is 1. The first-order chi connectivity index (χ1) is 12.1. The van der Waals surface area contributed by atoms with Gasteiger partial charge in [-0.05, 0) is 0 Å². The molecule has 0 aliphatic carbocycles. The van der Waals surface area contributed by atoms with Crippen LogP contribution in [-0.2, 0) is 4.79 Å². The van der Waals surface area contributed by atoms with Crippen LogP contribution in [-0.4, -0.2) is 47.3 Å². The summed E-state index contributed by atoms with van der Waals surface area (Å²) in [6.07, 6.45) is 0.867. The maximum atomic E-state index is 11.2. The summed E-state index contributed by atoms with van der Waals surface area (Å²) >= 11 is 0. The number of nitro benzene ring substituents is 2. The van der Waals surface area contributed by atoms with E-state index < -0.39 is 33.2 Å². The van der Waals surface area contributed by atoms with Gasteiger partial charge in [0, 0.05) is 6.92 Å². The summed E-state index contributed by atoms with van der Waals surface area (Å²) in [6, 6.07) is 0.884. The van der Waals surface area contributed by atoms with Crippen molar-refractivity contribution in [3.63, 3.8) is 0 Å². The molecule has 14 heteroatoms. The minimum atomic E-state index is -0.934. The molecule has 0 amide bonds. The van der Waals surface area contributed by atoms with Crippen molar-refractivity contribution in [2.45, 2.75) is 6.92 Å². The normalized spacial score (nSPS) is 9.65. The third kappa shape index (κ3) is 6.26. The van der Waals surface area contributed by atoms with Gasteiger partial charge in [-0.15, -0.1) is 5.10 Å². The predicted molar refractivity (Wildman–Crippen MR) is 89.6 cm³/mol. The Hall–Kier alpha value is -3.97. The van der Waals surface area contributed by atoms with Gasteiger partial charge < -0.3 is 26.0 Å². The standard InChI is InChI=1S/C10H12N6O6.C2H4O2/c1-21-7-3-6(15(17)18)8(16(19)20)5(9(7)22-2)4-13-14-10(11)12;1-2(3)4/h3-4H,1-2H3,(H4,11,12,14);1H3,(H,3,4). The van der Waals surface area contributed by atoms with Crippen molar-refractivity contribution in [2.75, 3.05) is 14.2 Å². The van der Waals surface area contributed by atoms with Gasteiger partial charge in [0.05, 0.1) is 36.3 Å². The molecular formula is C12H16N6O8. The number of carboxylic acids is 1. The van der Waals surface area contributed by atoms with Gasteiger partial charge in [-0.1, -0.05) is 0 Å². The Bertz CT molecular complexity index is 753. The van der Waals surface area contributed by atoms with Crippen molar-refractivity contribution in [2.24, 2.45) is 21.7 Å². The van der Waals surface area contributed by atoms with Gasteiger partial charge in [-0.2, -0.15) is 5.10 Å². The van der Waals surface area contributed by atoms with E-state index in [9.17, 15) is 20.2 Å². The number of ether oxygens (including phenoxy) is 2. The number of hydrogen-bond acceptors (Lipinski definition) is 9. The van der Waals surface area contributed by atoms with Gasteiger partial charge in [0.2, 0.25) is 5.96 Å². The molecule has 0 atom stereocenters. The average Bonchev–Trinajstić information content (AvgIpc) is 2.52. The third-order valence-corrected chi connectivity index (χ3v) is 2.40. The second-order valence-corrected chi connectivity index (χ2v) is 4.20. The van der Waals surface area contributed by atoms with Crippen LogP contribution < -0.4 is 20.9 Å². The molecule has 1 rings (SSSR count). The molecule has 0 aromatic heterocycles. The number of aliphatic carboxylic acids is 1. The Morgan fingerprint density at radius 1 is 1.23 bits per heavy atom. The maximum Gasteiger partial charge on any atom is 0.358 e. The average molecular weight is 372 g/mol. The van der Waals surface area contributed by atoms with Crippen LogP contribution in [0.5, 0.6) is 11.5 Å². The van der Waals surface area contributed by atoms with Crippen LogP contribution in [0.2, 0.25) is 0 Å². The summed E-state index contributed by atoms with van der Waals surface area (Å²) in [5.74, 6) is -1.42. The van der Waals surface area contributed by atoms with Crippen molar-refractivity contribution >= 4 is 29.5 Å². The smallest absolute Gasteiger partial charge is 0.358 e. The first-order valence-corrected chi connectivity index (χ1v) is 6.46. The monoisotopic (exact) mass is 372 g/mol. The van der Waals surface area contributed by atoms with E-state index in [0.717, 1.165) is 19.2 Å². The summed E-state index contributed by atoms with van der Waals surface area (Å²) in [7, 11) is 2.44. The maximum absolute atomic E-state index is 11.2. The molecule has 0 radical (unpaired) electrons. The van der Waals surface area contributed by atoms with Crippen LogP contribution in [0, 0.1) is 20.2 Å². The van der Waals surface area contributed by atoms with Gasteiger partial charge in [0.15, 0.2) is 11.5 Å². The van der Waals surface area contributed by atoms with E-state index in [-0.39, 0.29) is 17.1 Å². The van der Waals surface area contributed by atoms with Crippen LogP contribution in [0.1, 0.15) is 12.5 Å². The molecule has 0 unspecified atom stereocenters. The number of rotatable bonds is 6. The van der Waals surface area contributed by atoms with Crippen molar-refractivity contribution in [3.8, 4) is 11.5 Å². The highest BCUT2D eigenvalue weighted by Crippen LogP contribution is 2.42. The van der Waals surface area contributed by atoms with Gasteiger partial charge in [-0.3, -0.25) is 25.0 Å². The Kier molecular flexibility index (Phi) is 8.48. The number of carbonyl (C=O) groups is 1. The second kappa shape index (κ2) is 10.0. The molecule has 0 bridgehead atoms. The highest BCUT2D eigenvalue weighted by Gasteiger charge is 2.34. The highest BCUT2D eigenvalue weighted by molar-refractivity contribution is 5.94. The van der Waals surface area contributed by atoms with Crippen molar-refractivity contribution in [1.82, 2.24) is 0 Å². The van der Waals surface area contributed by atoms with Gasteiger partial charge in [0.1, 0.15) is 5.56 Å².